The number of rotatable bonds is 4. The molecule has 1 fully saturated rings. The lowest BCUT2D eigenvalue weighted by Crippen LogP contribution is -2.25. The number of nitrogens with two attached hydrogens (primary N) is 1. The number of ether oxygens (including phenoxy) is 1. The van der Waals surface area contributed by atoms with E-state index in [1.807, 2.05) is 6.92 Å². The monoisotopic (exact) mass is 220 g/mol. The number of carbonyl (C=O) groups is 1. The van der Waals surface area contributed by atoms with Crippen LogP contribution in [0, 0.1) is 0 Å². The van der Waals surface area contributed by atoms with Gasteiger partial charge in [0.1, 0.15) is 5.75 Å². The highest BCUT2D eigenvalue weighted by Crippen LogP contribution is 2.24. The molecular weight excluding hydrogens is 204 g/mol. The average molecular weight is 220 g/mol. The van der Waals surface area contributed by atoms with Crippen molar-refractivity contribution in [3.05, 3.63) is 23.8 Å². The van der Waals surface area contributed by atoms with Crippen LogP contribution in [-0.4, -0.2) is 18.6 Å². The van der Waals surface area contributed by atoms with E-state index in [9.17, 15) is 4.79 Å². The number of benzene rings is 1. The van der Waals surface area contributed by atoms with Crippen LogP contribution in [0.25, 0.3) is 0 Å². The van der Waals surface area contributed by atoms with Gasteiger partial charge in [-0.15, -0.1) is 0 Å². The normalized spacial score (nSPS) is 14.6. The Labute approximate surface area is 94.8 Å². The highest BCUT2D eigenvalue weighted by Gasteiger charge is 2.25. The summed E-state index contributed by atoms with van der Waals surface area (Å²) in [6.45, 7) is 2.40. The number of hydrogen-bond acceptors (Lipinski definition) is 3. The van der Waals surface area contributed by atoms with Gasteiger partial charge in [0.05, 0.1) is 12.2 Å². The highest BCUT2D eigenvalue weighted by atomic mass is 16.5. The lowest BCUT2D eigenvalue weighted by Gasteiger charge is -2.10. The number of hydrogen-bond donors (Lipinski definition) is 2. The molecule has 1 aromatic carbocycles. The van der Waals surface area contributed by atoms with E-state index >= 15 is 0 Å². The number of carbonyl (C=O) groups excluding carboxylic acids is 1. The summed E-state index contributed by atoms with van der Waals surface area (Å²) in [5, 5.41) is 2.93. The minimum atomic E-state index is -0.0778. The van der Waals surface area contributed by atoms with Gasteiger partial charge in [-0.05, 0) is 31.9 Å². The van der Waals surface area contributed by atoms with Crippen molar-refractivity contribution in [2.45, 2.75) is 25.8 Å². The molecule has 0 heterocycles. The molecular formula is C12H16N2O2. The maximum atomic E-state index is 11.9. The predicted octanol–water partition coefficient (Wildman–Crippen LogP) is 1.56. The molecule has 0 saturated heterocycles. The fourth-order valence-corrected chi connectivity index (χ4v) is 1.49. The fraction of sp³-hybridized carbons (Fsp3) is 0.417. The van der Waals surface area contributed by atoms with Crippen LogP contribution >= 0.6 is 0 Å². The molecule has 3 N–H and O–H groups in total. The Morgan fingerprint density at radius 1 is 1.56 bits per heavy atom. The second-order valence-corrected chi connectivity index (χ2v) is 3.94. The molecule has 0 aliphatic heterocycles. The molecule has 4 heteroatoms. The molecule has 0 atom stereocenters. The van der Waals surface area contributed by atoms with Gasteiger partial charge < -0.3 is 15.8 Å². The standard InChI is InChI=1S/C12H16N2O2/c1-2-16-11-7-8(13)3-6-10(11)12(15)14-9-4-5-9/h3,6-7,9H,2,4-5,13H2,1H3,(H,14,15). The molecule has 0 unspecified atom stereocenters. The predicted molar refractivity (Wildman–Crippen MR) is 62.5 cm³/mol. The van der Waals surface area contributed by atoms with Crippen molar-refractivity contribution in [2.24, 2.45) is 0 Å². The third kappa shape index (κ3) is 2.45. The van der Waals surface area contributed by atoms with Gasteiger partial charge in [0.15, 0.2) is 0 Å². The molecule has 86 valence electrons. The van der Waals surface area contributed by atoms with Gasteiger partial charge in [0, 0.05) is 17.8 Å². The number of anilines is 1. The second kappa shape index (κ2) is 4.43. The highest BCUT2D eigenvalue weighted by molar-refractivity contribution is 5.97. The summed E-state index contributed by atoms with van der Waals surface area (Å²) in [4.78, 5) is 11.9. The van der Waals surface area contributed by atoms with Crippen molar-refractivity contribution in [1.29, 1.82) is 0 Å². The van der Waals surface area contributed by atoms with Gasteiger partial charge in [-0.2, -0.15) is 0 Å². The fourth-order valence-electron chi connectivity index (χ4n) is 1.49. The van der Waals surface area contributed by atoms with Crippen LogP contribution < -0.4 is 15.8 Å². The van der Waals surface area contributed by atoms with E-state index in [0.29, 0.717) is 29.6 Å². The summed E-state index contributed by atoms with van der Waals surface area (Å²) in [5.41, 5.74) is 6.82. The molecule has 2 rings (SSSR count). The Morgan fingerprint density at radius 2 is 2.31 bits per heavy atom. The van der Waals surface area contributed by atoms with Gasteiger partial charge in [0.25, 0.3) is 5.91 Å². The smallest absolute Gasteiger partial charge is 0.255 e. The first-order valence-corrected chi connectivity index (χ1v) is 5.54. The molecule has 0 radical (unpaired) electrons. The molecule has 16 heavy (non-hydrogen) atoms. The lowest BCUT2D eigenvalue weighted by atomic mass is 10.1. The van der Waals surface area contributed by atoms with Gasteiger partial charge >= 0.3 is 0 Å². The second-order valence-electron chi connectivity index (χ2n) is 3.94. The van der Waals surface area contributed by atoms with Crippen molar-refractivity contribution >= 4 is 11.6 Å². The van der Waals surface area contributed by atoms with E-state index in [1.165, 1.54) is 0 Å². The van der Waals surface area contributed by atoms with Gasteiger partial charge in [0.2, 0.25) is 0 Å². The first-order chi connectivity index (χ1) is 7.70. The summed E-state index contributed by atoms with van der Waals surface area (Å²) in [5.74, 6) is 0.478. The van der Waals surface area contributed by atoms with E-state index < -0.39 is 0 Å². The Hall–Kier alpha value is -1.71. The molecule has 1 aliphatic rings. The first kappa shape index (κ1) is 10.8. The zero-order valence-corrected chi connectivity index (χ0v) is 9.32. The zero-order valence-electron chi connectivity index (χ0n) is 9.32. The Bertz CT molecular complexity index is 400. The van der Waals surface area contributed by atoms with Crippen LogP contribution in [0.2, 0.25) is 0 Å². The first-order valence-electron chi connectivity index (χ1n) is 5.54. The molecule has 0 spiro atoms. The van der Waals surface area contributed by atoms with Gasteiger partial charge in [-0.3, -0.25) is 4.79 Å². The van der Waals surface area contributed by atoms with E-state index in [2.05, 4.69) is 5.32 Å². The minimum absolute atomic E-state index is 0.0778. The quantitative estimate of drug-likeness (QED) is 0.757. The zero-order chi connectivity index (χ0) is 11.5. The van der Waals surface area contributed by atoms with Crippen LogP contribution in [-0.2, 0) is 0 Å². The molecule has 0 bridgehead atoms. The number of amides is 1. The molecule has 0 aromatic heterocycles. The van der Waals surface area contributed by atoms with Crippen LogP contribution in [0.5, 0.6) is 5.75 Å². The van der Waals surface area contributed by atoms with E-state index in [0.717, 1.165) is 12.8 Å². The Kier molecular flexibility index (Phi) is 2.99. The van der Waals surface area contributed by atoms with Crippen molar-refractivity contribution in [1.82, 2.24) is 5.32 Å². The summed E-state index contributed by atoms with van der Waals surface area (Å²) < 4.78 is 5.40. The topological polar surface area (TPSA) is 64.3 Å². The van der Waals surface area contributed by atoms with E-state index in [4.69, 9.17) is 10.5 Å². The lowest BCUT2D eigenvalue weighted by molar-refractivity contribution is 0.0947. The summed E-state index contributed by atoms with van der Waals surface area (Å²) in [6.07, 6.45) is 2.15. The third-order valence-corrected chi connectivity index (χ3v) is 2.46. The minimum Gasteiger partial charge on any atom is -0.493 e. The van der Waals surface area contributed by atoms with Crippen LogP contribution in [0.1, 0.15) is 30.1 Å². The Morgan fingerprint density at radius 3 is 2.94 bits per heavy atom. The maximum Gasteiger partial charge on any atom is 0.255 e. The van der Waals surface area contributed by atoms with Crippen LogP contribution in [0.3, 0.4) is 0 Å². The molecule has 1 amide bonds. The van der Waals surface area contributed by atoms with Crippen LogP contribution in [0.15, 0.2) is 18.2 Å². The molecule has 1 aliphatic carbocycles. The van der Waals surface area contributed by atoms with E-state index in [-0.39, 0.29) is 5.91 Å². The maximum absolute atomic E-state index is 11.9. The molecule has 1 saturated carbocycles. The number of nitrogens with one attached hydrogen (secondary N) is 1. The van der Waals surface area contributed by atoms with Gasteiger partial charge in [-0.25, -0.2) is 0 Å². The average Bonchev–Trinajstić information content (AvgIpc) is 3.02. The van der Waals surface area contributed by atoms with Crippen LogP contribution in [0.4, 0.5) is 5.69 Å². The summed E-state index contributed by atoms with van der Waals surface area (Å²) >= 11 is 0. The van der Waals surface area contributed by atoms with Crippen molar-refractivity contribution in [3.63, 3.8) is 0 Å². The van der Waals surface area contributed by atoms with Crippen molar-refractivity contribution in [2.75, 3.05) is 12.3 Å². The van der Waals surface area contributed by atoms with Crippen molar-refractivity contribution < 1.29 is 9.53 Å². The third-order valence-electron chi connectivity index (χ3n) is 2.46. The SMILES string of the molecule is CCOc1cc(N)ccc1C(=O)NC1CC1. The summed E-state index contributed by atoms with van der Waals surface area (Å²) in [6, 6.07) is 5.45. The van der Waals surface area contributed by atoms with E-state index in [1.54, 1.807) is 18.2 Å². The summed E-state index contributed by atoms with van der Waals surface area (Å²) in [7, 11) is 0. The number of nitrogen functional groups attached to an aromatic ring is 1. The molecule has 4 nitrogen and oxygen atoms in total. The van der Waals surface area contributed by atoms with Crippen molar-refractivity contribution in [3.8, 4) is 5.75 Å². The van der Waals surface area contributed by atoms with Gasteiger partial charge in [-0.1, -0.05) is 0 Å². The Balaban J connectivity index is 2.19. The largest absolute Gasteiger partial charge is 0.493 e. The molecule has 1 aromatic rings.